The average molecular weight is 289 g/mol. The Balaban J connectivity index is 2.00. The van der Waals surface area contributed by atoms with E-state index in [9.17, 15) is 8.78 Å². The van der Waals surface area contributed by atoms with E-state index in [4.69, 9.17) is 0 Å². The summed E-state index contributed by atoms with van der Waals surface area (Å²) in [6.07, 6.45) is 5.65. The smallest absolute Gasteiger partial charge is 0.159 e. The summed E-state index contributed by atoms with van der Waals surface area (Å²) in [5.74, 6) is -0.891. The molecule has 1 aromatic rings. The predicted octanol–water partition coefficient (Wildman–Crippen LogP) is 4.46. The Kier molecular flexibility index (Phi) is 3.95. The van der Waals surface area contributed by atoms with Gasteiger partial charge in [-0.05, 0) is 42.9 Å². The molecule has 1 saturated carbocycles. The monoisotopic (exact) mass is 288 g/mol. The normalized spacial score (nSPS) is 25.7. The van der Waals surface area contributed by atoms with E-state index < -0.39 is 11.6 Å². The zero-order valence-electron chi connectivity index (χ0n) is 9.06. The van der Waals surface area contributed by atoms with E-state index in [0.717, 1.165) is 18.4 Å². The molecule has 0 bridgehead atoms. The molecular weight excluding hydrogens is 274 g/mol. The fourth-order valence-corrected chi connectivity index (χ4v) is 3.26. The first-order valence-corrected chi connectivity index (χ1v) is 6.64. The third-order valence-corrected chi connectivity index (χ3v) is 4.06. The van der Waals surface area contributed by atoms with Gasteiger partial charge < -0.3 is 0 Å². The minimum absolute atomic E-state index is 0.594. The predicted molar refractivity (Wildman–Crippen MR) is 64.7 cm³/mol. The van der Waals surface area contributed by atoms with E-state index in [1.54, 1.807) is 6.07 Å². The highest BCUT2D eigenvalue weighted by Gasteiger charge is 2.20. The van der Waals surface area contributed by atoms with Crippen LogP contribution in [0, 0.1) is 17.6 Å². The zero-order valence-corrected chi connectivity index (χ0v) is 10.6. The molecular formula is C13H15BrF2. The summed E-state index contributed by atoms with van der Waals surface area (Å²) >= 11 is 3.63. The van der Waals surface area contributed by atoms with Crippen LogP contribution in [0.15, 0.2) is 18.2 Å². The van der Waals surface area contributed by atoms with Gasteiger partial charge in [0.05, 0.1) is 0 Å². The summed E-state index contributed by atoms with van der Waals surface area (Å²) < 4.78 is 25.8. The maximum atomic E-state index is 13.0. The van der Waals surface area contributed by atoms with E-state index in [-0.39, 0.29) is 0 Å². The minimum Gasteiger partial charge on any atom is -0.204 e. The van der Waals surface area contributed by atoms with Gasteiger partial charge in [0.15, 0.2) is 11.6 Å². The van der Waals surface area contributed by atoms with Crippen molar-refractivity contribution in [3.8, 4) is 0 Å². The Morgan fingerprint density at radius 3 is 2.69 bits per heavy atom. The van der Waals surface area contributed by atoms with E-state index in [0.29, 0.717) is 10.7 Å². The molecule has 0 amide bonds. The topological polar surface area (TPSA) is 0 Å². The maximum Gasteiger partial charge on any atom is 0.159 e. The molecule has 2 unspecified atom stereocenters. The van der Waals surface area contributed by atoms with E-state index in [1.165, 1.54) is 31.4 Å². The van der Waals surface area contributed by atoms with Crippen LogP contribution in [0.3, 0.4) is 0 Å². The second-order valence-electron chi connectivity index (χ2n) is 4.58. The molecule has 2 rings (SSSR count). The fraction of sp³-hybridized carbons (Fsp3) is 0.538. The van der Waals surface area contributed by atoms with Crippen LogP contribution in [0.25, 0.3) is 0 Å². The van der Waals surface area contributed by atoms with Crippen LogP contribution in [-0.2, 0) is 6.42 Å². The van der Waals surface area contributed by atoms with Crippen molar-refractivity contribution >= 4 is 15.9 Å². The quantitative estimate of drug-likeness (QED) is 0.705. The van der Waals surface area contributed by atoms with Crippen molar-refractivity contribution in [2.45, 2.75) is 36.9 Å². The van der Waals surface area contributed by atoms with E-state index in [2.05, 4.69) is 15.9 Å². The van der Waals surface area contributed by atoms with Gasteiger partial charge in [-0.1, -0.05) is 34.8 Å². The van der Waals surface area contributed by atoms with Crippen molar-refractivity contribution < 1.29 is 8.78 Å². The first-order valence-electron chi connectivity index (χ1n) is 5.73. The standard InChI is InChI=1S/C13H15BrF2/c14-11-3-1-2-9(7-11)6-10-4-5-12(15)13(16)8-10/h4-5,8-9,11H,1-3,6-7H2. The van der Waals surface area contributed by atoms with Gasteiger partial charge in [0.25, 0.3) is 0 Å². The lowest BCUT2D eigenvalue weighted by molar-refractivity contribution is 0.367. The van der Waals surface area contributed by atoms with Crippen LogP contribution >= 0.6 is 15.9 Å². The Morgan fingerprint density at radius 1 is 1.19 bits per heavy atom. The van der Waals surface area contributed by atoms with E-state index in [1.807, 2.05) is 0 Å². The van der Waals surface area contributed by atoms with E-state index >= 15 is 0 Å². The molecule has 88 valence electrons. The zero-order chi connectivity index (χ0) is 11.5. The molecule has 1 aliphatic rings. The molecule has 0 radical (unpaired) electrons. The molecule has 0 aromatic heterocycles. The maximum absolute atomic E-state index is 13.0. The van der Waals surface area contributed by atoms with Crippen molar-refractivity contribution in [1.29, 1.82) is 0 Å². The number of alkyl halides is 1. The van der Waals surface area contributed by atoms with Gasteiger partial charge in [-0.25, -0.2) is 8.78 Å². The second-order valence-corrected chi connectivity index (χ2v) is 5.88. The molecule has 1 aromatic carbocycles. The average Bonchev–Trinajstić information content (AvgIpc) is 2.24. The number of halogens is 3. The molecule has 0 saturated heterocycles. The second kappa shape index (κ2) is 5.26. The van der Waals surface area contributed by atoms with Gasteiger partial charge in [0, 0.05) is 4.83 Å². The Labute approximate surface area is 103 Å². The highest BCUT2D eigenvalue weighted by Crippen LogP contribution is 2.31. The molecule has 0 aliphatic heterocycles. The lowest BCUT2D eigenvalue weighted by Crippen LogP contribution is -2.17. The number of rotatable bonds is 2. The van der Waals surface area contributed by atoms with Gasteiger partial charge in [-0.15, -0.1) is 0 Å². The van der Waals surface area contributed by atoms with Gasteiger partial charge in [0.1, 0.15) is 0 Å². The van der Waals surface area contributed by atoms with Crippen LogP contribution in [-0.4, -0.2) is 4.83 Å². The molecule has 1 aliphatic carbocycles. The summed E-state index contributed by atoms with van der Waals surface area (Å²) in [6.45, 7) is 0. The Morgan fingerprint density at radius 2 is 2.00 bits per heavy atom. The molecule has 0 spiro atoms. The van der Waals surface area contributed by atoms with Crippen LogP contribution in [0.2, 0.25) is 0 Å². The summed E-state index contributed by atoms with van der Waals surface area (Å²) in [6, 6.07) is 4.24. The van der Waals surface area contributed by atoms with Crippen LogP contribution in [0.1, 0.15) is 31.2 Å². The van der Waals surface area contributed by atoms with Crippen molar-refractivity contribution in [2.75, 3.05) is 0 Å². The third kappa shape index (κ3) is 3.03. The largest absolute Gasteiger partial charge is 0.204 e. The fourth-order valence-electron chi connectivity index (χ4n) is 2.41. The molecule has 16 heavy (non-hydrogen) atoms. The molecule has 1 fully saturated rings. The third-order valence-electron chi connectivity index (χ3n) is 3.23. The first kappa shape index (κ1) is 12.0. The first-order chi connectivity index (χ1) is 7.65. The van der Waals surface area contributed by atoms with Gasteiger partial charge in [0.2, 0.25) is 0 Å². The lowest BCUT2D eigenvalue weighted by Gasteiger charge is -2.25. The summed E-state index contributed by atoms with van der Waals surface area (Å²) in [7, 11) is 0. The van der Waals surface area contributed by atoms with Crippen molar-refractivity contribution in [3.05, 3.63) is 35.4 Å². The Bertz CT molecular complexity index is 365. The van der Waals surface area contributed by atoms with Crippen LogP contribution in [0.4, 0.5) is 8.78 Å². The number of hydrogen-bond acceptors (Lipinski definition) is 0. The van der Waals surface area contributed by atoms with Crippen LogP contribution in [0.5, 0.6) is 0 Å². The molecule has 0 N–H and O–H groups in total. The van der Waals surface area contributed by atoms with Gasteiger partial charge in [-0.3, -0.25) is 0 Å². The molecule has 0 nitrogen and oxygen atoms in total. The highest BCUT2D eigenvalue weighted by molar-refractivity contribution is 9.09. The summed E-state index contributed by atoms with van der Waals surface area (Å²) in [4.78, 5) is 0.594. The lowest BCUT2D eigenvalue weighted by atomic mass is 9.85. The molecule has 3 heteroatoms. The van der Waals surface area contributed by atoms with Gasteiger partial charge in [-0.2, -0.15) is 0 Å². The Hall–Kier alpha value is -0.440. The van der Waals surface area contributed by atoms with Crippen molar-refractivity contribution in [1.82, 2.24) is 0 Å². The molecule has 2 atom stereocenters. The highest BCUT2D eigenvalue weighted by atomic mass is 79.9. The summed E-state index contributed by atoms with van der Waals surface area (Å²) in [5.41, 5.74) is 0.908. The SMILES string of the molecule is Fc1ccc(CC2CCCC(Br)C2)cc1F. The minimum atomic E-state index is -0.759. The van der Waals surface area contributed by atoms with Crippen molar-refractivity contribution in [3.63, 3.8) is 0 Å². The van der Waals surface area contributed by atoms with Crippen LogP contribution < -0.4 is 0 Å². The molecule has 0 heterocycles. The summed E-state index contributed by atoms with van der Waals surface area (Å²) in [5, 5.41) is 0. The number of hydrogen-bond donors (Lipinski definition) is 0. The number of benzene rings is 1. The van der Waals surface area contributed by atoms with Gasteiger partial charge >= 0.3 is 0 Å². The van der Waals surface area contributed by atoms with Crippen molar-refractivity contribution in [2.24, 2.45) is 5.92 Å².